The van der Waals surface area contributed by atoms with E-state index < -0.39 is 34.4 Å². The molecule has 1 aliphatic carbocycles. The Morgan fingerprint density at radius 3 is 2.30 bits per heavy atom. The van der Waals surface area contributed by atoms with E-state index in [-0.39, 0.29) is 24.6 Å². The smallest absolute Gasteiger partial charge is 0.314 e. The van der Waals surface area contributed by atoms with Crippen molar-refractivity contribution in [2.75, 3.05) is 13.2 Å². The van der Waals surface area contributed by atoms with Crippen LogP contribution in [0.5, 0.6) is 0 Å². The minimum Gasteiger partial charge on any atom is -0.314 e. The van der Waals surface area contributed by atoms with Gasteiger partial charge in [-0.15, -0.1) is 0 Å². The van der Waals surface area contributed by atoms with Crippen molar-refractivity contribution in [2.24, 2.45) is 16.6 Å². The quantitative estimate of drug-likeness (QED) is 0.743. The zero-order valence-corrected chi connectivity index (χ0v) is 14.7. The van der Waals surface area contributed by atoms with Gasteiger partial charge in [-0.25, -0.2) is 4.99 Å². The van der Waals surface area contributed by atoms with E-state index in [1.807, 2.05) is 6.07 Å². The Morgan fingerprint density at radius 1 is 1.19 bits per heavy atom. The van der Waals surface area contributed by atoms with Crippen LogP contribution in [0.1, 0.15) is 30.9 Å². The van der Waals surface area contributed by atoms with Crippen LogP contribution >= 0.6 is 0 Å². The molecule has 1 aromatic rings. The molecule has 1 aromatic carbocycles. The first-order valence-electron chi connectivity index (χ1n) is 8.39. The van der Waals surface area contributed by atoms with E-state index in [4.69, 9.17) is 15.2 Å². The van der Waals surface area contributed by atoms with E-state index in [9.17, 15) is 23.7 Å². The van der Waals surface area contributed by atoms with E-state index >= 15 is 0 Å². The zero-order valence-electron chi connectivity index (χ0n) is 14.7. The van der Waals surface area contributed by atoms with E-state index in [2.05, 4.69) is 11.1 Å². The summed E-state index contributed by atoms with van der Waals surface area (Å²) in [4.78, 5) is 2.78. The van der Waals surface area contributed by atoms with Crippen molar-refractivity contribution in [1.82, 2.24) is 0 Å². The highest BCUT2D eigenvalue weighted by Gasteiger charge is 2.97. The summed E-state index contributed by atoms with van der Waals surface area (Å²) in [6, 6.07) is 8.70. The van der Waals surface area contributed by atoms with Gasteiger partial charge in [-0.05, 0) is 25.5 Å². The lowest BCUT2D eigenvalue weighted by atomic mass is 9.93. The van der Waals surface area contributed by atoms with Gasteiger partial charge in [-0.3, -0.25) is 5.73 Å². The third kappa shape index (κ3) is 2.16. The van der Waals surface area contributed by atoms with Gasteiger partial charge < -0.3 is 9.47 Å². The number of halogens is 3. The van der Waals surface area contributed by atoms with Crippen molar-refractivity contribution in [1.29, 1.82) is 10.5 Å². The van der Waals surface area contributed by atoms with Gasteiger partial charge in [0.05, 0.1) is 30.9 Å². The first-order valence-corrected chi connectivity index (χ1v) is 8.39. The second kappa shape index (κ2) is 5.95. The Kier molecular flexibility index (Phi) is 4.22. The van der Waals surface area contributed by atoms with Crippen molar-refractivity contribution in [3.8, 4) is 12.1 Å². The number of nitrogens with one attached hydrogen (secondary N) is 1. The second-order valence-electron chi connectivity index (χ2n) is 6.42. The average molecular weight is 379 g/mol. The number of amidine groups is 1. The first-order chi connectivity index (χ1) is 12.7. The Labute approximate surface area is 154 Å². The topological polar surface area (TPSA) is 106 Å². The van der Waals surface area contributed by atoms with Crippen LogP contribution in [-0.2, 0) is 15.7 Å². The molecule has 1 saturated carbocycles. The van der Waals surface area contributed by atoms with Crippen molar-refractivity contribution in [3.63, 3.8) is 0 Å². The highest BCUT2D eigenvalue weighted by atomic mass is 19.4. The Bertz CT molecular complexity index is 880. The monoisotopic (exact) mass is 379 g/mol. The van der Waals surface area contributed by atoms with Gasteiger partial charge in [-0.1, -0.05) is 18.2 Å². The van der Waals surface area contributed by atoms with Crippen LogP contribution in [0.4, 0.5) is 13.2 Å². The van der Waals surface area contributed by atoms with Crippen LogP contribution in [0.15, 0.2) is 24.3 Å². The number of nitrogens with two attached hydrogens (primary N) is 1. The molecule has 0 radical (unpaired) electrons. The van der Waals surface area contributed by atoms with Crippen molar-refractivity contribution < 1.29 is 27.6 Å². The SMILES string of the molecule is CCOC1(OCC)[NH+]=C(N)[C@@]2(C#N)[C@@H](c3cccc(C(F)(F)F)c3)[C@@]12C#N. The number of nitrogens with zero attached hydrogens (tertiary/aromatic N) is 2. The molecule has 6 nitrogen and oxygen atoms in total. The molecule has 142 valence electrons. The highest BCUT2D eigenvalue weighted by Crippen LogP contribution is 2.78. The fourth-order valence-corrected chi connectivity index (χ4v) is 4.25. The molecule has 3 N–H and O–H groups in total. The van der Waals surface area contributed by atoms with Gasteiger partial charge in [-0.2, -0.15) is 23.7 Å². The molecule has 2 aliphatic rings. The standard InChI is InChI=1S/C18H17F3N4O2/c1-3-26-18(27-4-2)16(10-23)13(15(16,9-22)14(24)25-18)11-6-5-7-12(8-11)17(19,20)21/h5-8,13H,3-4H2,1-2H3,(H2,24,25)/p+1/t13-,15-,16-/m1/s1. The summed E-state index contributed by atoms with van der Waals surface area (Å²) in [5.41, 5.74) is 2.21. The van der Waals surface area contributed by atoms with Gasteiger partial charge >= 0.3 is 12.1 Å². The maximum Gasteiger partial charge on any atom is 0.416 e. The lowest BCUT2D eigenvalue weighted by molar-refractivity contribution is -0.693. The van der Waals surface area contributed by atoms with E-state index in [1.165, 1.54) is 12.1 Å². The van der Waals surface area contributed by atoms with Crippen molar-refractivity contribution in [3.05, 3.63) is 35.4 Å². The fraction of sp³-hybridized carbons (Fsp3) is 0.500. The molecule has 9 heteroatoms. The summed E-state index contributed by atoms with van der Waals surface area (Å²) in [6.07, 6.45) is -4.55. The van der Waals surface area contributed by atoms with Gasteiger partial charge in [0.25, 0.3) is 5.84 Å². The number of ether oxygens (including phenoxy) is 2. The molecule has 27 heavy (non-hydrogen) atoms. The molecule has 1 aliphatic heterocycles. The molecule has 0 amide bonds. The first kappa shape index (κ1) is 19.2. The maximum atomic E-state index is 13.1. The van der Waals surface area contributed by atoms with E-state index in [0.717, 1.165) is 12.1 Å². The molecular formula is C18H18F3N4O2+. The Hall–Kier alpha value is -2.62. The molecule has 3 atom stereocenters. The van der Waals surface area contributed by atoms with Crippen LogP contribution in [0.3, 0.4) is 0 Å². The number of benzene rings is 1. The highest BCUT2D eigenvalue weighted by molar-refractivity contribution is 5.95. The number of hydrogen-bond acceptors (Lipinski definition) is 5. The minimum absolute atomic E-state index is 0.0455. The van der Waals surface area contributed by atoms with Gasteiger partial charge in [0.1, 0.15) is 0 Å². The molecule has 0 spiro atoms. The zero-order chi connectivity index (χ0) is 20.1. The van der Waals surface area contributed by atoms with Crippen LogP contribution < -0.4 is 10.7 Å². The number of rotatable bonds is 5. The summed E-state index contributed by atoms with van der Waals surface area (Å²) in [7, 11) is 0. The van der Waals surface area contributed by atoms with E-state index in [0.29, 0.717) is 0 Å². The molecule has 0 saturated heterocycles. The van der Waals surface area contributed by atoms with Crippen molar-refractivity contribution >= 4 is 5.84 Å². The molecule has 0 aromatic heterocycles. The van der Waals surface area contributed by atoms with Crippen LogP contribution in [0.25, 0.3) is 0 Å². The Balaban J connectivity index is 2.21. The summed E-state index contributed by atoms with van der Waals surface area (Å²) >= 11 is 0. The maximum absolute atomic E-state index is 13.1. The predicted octanol–water partition coefficient (Wildman–Crippen LogP) is 1.00. The van der Waals surface area contributed by atoms with Crippen LogP contribution in [0, 0.1) is 33.5 Å². The lowest BCUT2D eigenvalue weighted by Crippen LogP contribution is -2.91. The minimum atomic E-state index is -4.55. The van der Waals surface area contributed by atoms with Gasteiger partial charge in [0.2, 0.25) is 0 Å². The molecular weight excluding hydrogens is 361 g/mol. The third-order valence-corrected chi connectivity index (χ3v) is 5.24. The van der Waals surface area contributed by atoms with E-state index in [1.54, 1.807) is 13.8 Å². The fourth-order valence-electron chi connectivity index (χ4n) is 4.25. The number of hydrogen-bond donors (Lipinski definition) is 2. The van der Waals surface area contributed by atoms with Crippen LogP contribution in [0.2, 0.25) is 0 Å². The summed E-state index contributed by atoms with van der Waals surface area (Å²) in [5.74, 6) is -2.69. The number of nitriles is 2. The number of fused-ring (bicyclic) bond motifs is 1. The molecule has 1 heterocycles. The molecule has 0 unspecified atom stereocenters. The molecule has 0 bridgehead atoms. The molecule has 1 fully saturated rings. The largest absolute Gasteiger partial charge is 0.416 e. The van der Waals surface area contributed by atoms with Gasteiger partial charge in [0, 0.05) is 5.92 Å². The summed E-state index contributed by atoms with van der Waals surface area (Å²) in [5, 5.41) is 19.9. The summed E-state index contributed by atoms with van der Waals surface area (Å²) < 4.78 is 50.8. The van der Waals surface area contributed by atoms with Gasteiger partial charge in [0.15, 0.2) is 10.8 Å². The predicted molar refractivity (Wildman–Crippen MR) is 86.4 cm³/mol. The average Bonchev–Trinajstić information content (AvgIpc) is 3.20. The number of alkyl halides is 3. The normalized spacial score (nSPS) is 30.8. The summed E-state index contributed by atoms with van der Waals surface area (Å²) in [6.45, 7) is 3.64. The van der Waals surface area contributed by atoms with Crippen LogP contribution in [-0.4, -0.2) is 25.0 Å². The molecule has 3 rings (SSSR count). The third-order valence-electron chi connectivity index (χ3n) is 5.24. The van der Waals surface area contributed by atoms with Crippen molar-refractivity contribution in [2.45, 2.75) is 31.9 Å². The Morgan fingerprint density at radius 2 is 1.81 bits per heavy atom. The lowest BCUT2D eigenvalue weighted by Gasteiger charge is -2.29. The second-order valence-corrected chi connectivity index (χ2v) is 6.42.